The van der Waals surface area contributed by atoms with E-state index in [-0.39, 0.29) is 11.9 Å². The number of benzene rings is 2. The maximum atomic E-state index is 12.6. The van der Waals surface area contributed by atoms with E-state index in [4.69, 9.17) is 0 Å². The molecule has 114 valence electrons. The average molecular weight is 294 g/mol. The van der Waals surface area contributed by atoms with Gasteiger partial charge >= 0.3 is 0 Å². The monoisotopic (exact) mass is 294 g/mol. The van der Waals surface area contributed by atoms with Crippen molar-refractivity contribution < 1.29 is 4.79 Å². The molecular weight excluding hydrogens is 272 g/mol. The molecule has 2 N–H and O–H groups in total. The third-order valence-electron chi connectivity index (χ3n) is 4.02. The van der Waals surface area contributed by atoms with Gasteiger partial charge in [-0.1, -0.05) is 55.5 Å². The van der Waals surface area contributed by atoms with Crippen LogP contribution >= 0.6 is 0 Å². The van der Waals surface area contributed by atoms with Crippen molar-refractivity contribution in [1.29, 1.82) is 0 Å². The number of carbonyl (C=O) groups excluding carboxylic acids is 1. The van der Waals surface area contributed by atoms with Gasteiger partial charge in [0.2, 0.25) is 5.91 Å². The van der Waals surface area contributed by atoms with Crippen LogP contribution in [0.15, 0.2) is 54.6 Å². The largest absolute Gasteiger partial charge is 0.370 e. The van der Waals surface area contributed by atoms with Crippen LogP contribution in [0.5, 0.6) is 0 Å². The second kappa shape index (κ2) is 6.65. The van der Waals surface area contributed by atoms with Crippen LogP contribution in [0.25, 0.3) is 0 Å². The Balaban J connectivity index is 1.86. The van der Waals surface area contributed by atoms with Gasteiger partial charge < -0.3 is 10.6 Å². The molecule has 1 aliphatic carbocycles. The normalized spacial score (nSPS) is 15.1. The Kier molecular flexibility index (Phi) is 4.42. The Morgan fingerprint density at radius 3 is 2.45 bits per heavy atom. The molecule has 0 bridgehead atoms. The van der Waals surface area contributed by atoms with Crippen molar-refractivity contribution in [2.45, 2.75) is 38.3 Å². The molecule has 0 unspecified atom stereocenters. The molecule has 1 amide bonds. The first-order valence-corrected chi connectivity index (χ1v) is 7.97. The molecule has 3 heteroatoms. The van der Waals surface area contributed by atoms with Gasteiger partial charge in [-0.15, -0.1) is 0 Å². The van der Waals surface area contributed by atoms with Gasteiger partial charge in [-0.05, 0) is 36.5 Å². The lowest BCUT2D eigenvalue weighted by Gasteiger charge is -2.21. The van der Waals surface area contributed by atoms with Crippen LogP contribution in [0.4, 0.5) is 5.69 Å². The van der Waals surface area contributed by atoms with E-state index in [0.717, 1.165) is 30.5 Å². The molecular formula is C19H22N2O. The fourth-order valence-corrected chi connectivity index (χ4v) is 2.58. The van der Waals surface area contributed by atoms with E-state index in [1.54, 1.807) is 0 Å². The highest BCUT2D eigenvalue weighted by Gasteiger charge is 2.28. The van der Waals surface area contributed by atoms with E-state index in [9.17, 15) is 4.79 Å². The zero-order valence-corrected chi connectivity index (χ0v) is 12.9. The van der Waals surface area contributed by atoms with E-state index in [1.807, 2.05) is 48.5 Å². The molecule has 3 nitrogen and oxygen atoms in total. The van der Waals surface area contributed by atoms with Gasteiger partial charge in [-0.2, -0.15) is 0 Å². The zero-order chi connectivity index (χ0) is 15.4. The van der Waals surface area contributed by atoms with Gasteiger partial charge in [0.1, 0.15) is 6.04 Å². The lowest BCUT2D eigenvalue weighted by Crippen LogP contribution is -2.35. The van der Waals surface area contributed by atoms with Crippen molar-refractivity contribution in [1.82, 2.24) is 5.32 Å². The molecule has 1 aliphatic rings. The van der Waals surface area contributed by atoms with Crippen LogP contribution in [0, 0.1) is 0 Å². The predicted molar refractivity (Wildman–Crippen MR) is 89.8 cm³/mol. The molecule has 1 atom stereocenters. The van der Waals surface area contributed by atoms with Crippen molar-refractivity contribution in [3.05, 3.63) is 65.7 Å². The summed E-state index contributed by atoms with van der Waals surface area (Å²) in [7, 11) is 0. The standard InChI is InChI=1S/C19H22N2O/c1-2-14-8-6-7-11-17(14)21-18(15-9-4-3-5-10-15)19(22)20-16-12-13-16/h3-11,16,18,21H,2,12-13H2,1H3,(H,20,22)/t18-/m1/s1. The highest BCUT2D eigenvalue weighted by atomic mass is 16.2. The summed E-state index contributed by atoms with van der Waals surface area (Å²) in [4.78, 5) is 12.6. The van der Waals surface area contributed by atoms with Crippen molar-refractivity contribution in [3.8, 4) is 0 Å². The minimum absolute atomic E-state index is 0.0552. The number of amides is 1. The maximum absolute atomic E-state index is 12.6. The minimum Gasteiger partial charge on any atom is -0.370 e. The Labute approximate surface area is 131 Å². The van der Waals surface area contributed by atoms with Gasteiger partial charge in [-0.25, -0.2) is 0 Å². The van der Waals surface area contributed by atoms with Crippen molar-refractivity contribution in [2.24, 2.45) is 0 Å². The molecule has 1 saturated carbocycles. The minimum atomic E-state index is -0.352. The summed E-state index contributed by atoms with van der Waals surface area (Å²) in [5, 5.41) is 6.54. The van der Waals surface area contributed by atoms with Crippen LogP contribution in [-0.2, 0) is 11.2 Å². The Bertz CT molecular complexity index is 635. The summed E-state index contributed by atoms with van der Waals surface area (Å²) in [5.41, 5.74) is 3.25. The number of carbonyl (C=O) groups is 1. The predicted octanol–water partition coefficient (Wildman–Crippen LogP) is 3.68. The summed E-state index contributed by atoms with van der Waals surface area (Å²) < 4.78 is 0. The van der Waals surface area contributed by atoms with Crippen molar-refractivity contribution in [2.75, 3.05) is 5.32 Å². The number of para-hydroxylation sites is 1. The highest BCUT2D eigenvalue weighted by molar-refractivity contribution is 5.86. The zero-order valence-electron chi connectivity index (χ0n) is 12.9. The number of rotatable bonds is 6. The van der Waals surface area contributed by atoms with Gasteiger partial charge in [0.05, 0.1) is 0 Å². The maximum Gasteiger partial charge on any atom is 0.247 e. The summed E-state index contributed by atoms with van der Waals surface area (Å²) in [6.45, 7) is 2.13. The van der Waals surface area contributed by atoms with Gasteiger partial charge in [0, 0.05) is 11.7 Å². The van der Waals surface area contributed by atoms with Crippen molar-refractivity contribution in [3.63, 3.8) is 0 Å². The van der Waals surface area contributed by atoms with Crippen LogP contribution in [0.3, 0.4) is 0 Å². The van der Waals surface area contributed by atoms with Crippen LogP contribution in [0.2, 0.25) is 0 Å². The summed E-state index contributed by atoms with van der Waals surface area (Å²) in [6.07, 6.45) is 3.13. The molecule has 0 saturated heterocycles. The molecule has 0 aromatic heterocycles. The fraction of sp³-hybridized carbons (Fsp3) is 0.316. The average Bonchev–Trinajstić information content (AvgIpc) is 3.37. The Morgan fingerprint density at radius 2 is 1.77 bits per heavy atom. The lowest BCUT2D eigenvalue weighted by molar-refractivity contribution is -0.122. The van der Waals surface area contributed by atoms with E-state index < -0.39 is 0 Å². The van der Waals surface area contributed by atoms with Crippen molar-refractivity contribution >= 4 is 11.6 Å². The molecule has 1 fully saturated rings. The molecule has 0 spiro atoms. The van der Waals surface area contributed by atoms with Gasteiger partial charge in [-0.3, -0.25) is 4.79 Å². The first kappa shape index (κ1) is 14.6. The molecule has 0 aliphatic heterocycles. The van der Waals surface area contributed by atoms with Crippen LogP contribution in [-0.4, -0.2) is 11.9 Å². The fourth-order valence-electron chi connectivity index (χ4n) is 2.58. The lowest BCUT2D eigenvalue weighted by atomic mass is 10.0. The SMILES string of the molecule is CCc1ccccc1N[C@@H](C(=O)NC1CC1)c1ccccc1. The van der Waals surface area contributed by atoms with E-state index in [1.165, 1.54) is 5.56 Å². The smallest absolute Gasteiger partial charge is 0.247 e. The van der Waals surface area contributed by atoms with Crippen LogP contribution in [0.1, 0.15) is 36.9 Å². The highest BCUT2D eigenvalue weighted by Crippen LogP contribution is 2.25. The number of aryl methyl sites for hydroxylation is 1. The first-order chi connectivity index (χ1) is 10.8. The Morgan fingerprint density at radius 1 is 1.09 bits per heavy atom. The topological polar surface area (TPSA) is 41.1 Å². The van der Waals surface area contributed by atoms with E-state index in [0.29, 0.717) is 6.04 Å². The molecule has 22 heavy (non-hydrogen) atoms. The molecule has 2 aromatic rings. The number of hydrogen-bond donors (Lipinski definition) is 2. The quantitative estimate of drug-likeness (QED) is 0.853. The second-order valence-corrected chi connectivity index (χ2v) is 5.78. The molecule has 2 aromatic carbocycles. The summed E-state index contributed by atoms with van der Waals surface area (Å²) in [6, 6.07) is 18.1. The number of anilines is 1. The van der Waals surface area contributed by atoms with Gasteiger partial charge in [0.15, 0.2) is 0 Å². The van der Waals surface area contributed by atoms with Crippen LogP contribution < -0.4 is 10.6 Å². The Hall–Kier alpha value is -2.29. The third-order valence-corrected chi connectivity index (χ3v) is 4.02. The molecule has 0 heterocycles. The summed E-state index contributed by atoms with van der Waals surface area (Å²) >= 11 is 0. The second-order valence-electron chi connectivity index (χ2n) is 5.78. The first-order valence-electron chi connectivity index (χ1n) is 7.97. The summed E-state index contributed by atoms with van der Waals surface area (Å²) in [5.74, 6) is 0.0552. The molecule has 0 radical (unpaired) electrons. The third kappa shape index (κ3) is 3.48. The van der Waals surface area contributed by atoms with E-state index in [2.05, 4.69) is 23.6 Å². The molecule has 3 rings (SSSR count). The number of nitrogens with one attached hydrogen (secondary N) is 2. The van der Waals surface area contributed by atoms with Gasteiger partial charge in [0.25, 0.3) is 0 Å². The number of hydrogen-bond acceptors (Lipinski definition) is 2. The van der Waals surface area contributed by atoms with E-state index >= 15 is 0 Å².